The van der Waals surface area contributed by atoms with Crippen molar-refractivity contribution >= 4 is 23.2 Å². The standard InChI is InChI=1S/C16H23Cl2NO/c1-20-16(11-5-3-2-4-6-11)15(19)10-12-9-13(17)7-8-14(12)18/h7-9,11,15-16H,2-6,10,19H2,1H3. The van der Waals surface area contributed by atoms with Crippen molar-refractivity contribution in [2.75, 3.05) is 7.11 Å². The monoisotopic (exact) mass is 315 g/mol. The van der Waals surface area contributed by atoms with Gasteiger partial charge in [0.25, 0.3) is 0 Å². The minimum atomic E-state index is -0.0425. The van der Waals surface area contributed by atoms with Crippen LogP contribution in [0.1, 0.15) is 37.7 Å². The fourth-order valence-corrected chi connectivity index (χ4v) is 3.64. The molecule has 0 aromatic heterocycles. The van der Waals surface area contributed by atoms with Gasteiger partial charge in [-0.25, -0.2) is 0 Å². The van der Waals surface area contributed by atoms with Gasteiger partial charge in [-0.15, -0.1) is 0 Å². The number of rotatable bonds is 5. The summed E-state index contributed by atoms with van der Waals surface area (Å²) < 4.78 is 5.69. The van der Waals surface area contributed by atoms with Crippen molar-refractivity contribution in [1.29, 1.82) is 0 Å². The Kier molecular flexibility index (Phi) is 6.16. The third kappa shape index (κ3) is 4.11. The maximum Gasteiger partial charge on any atom is 0.0753 e. The number of ether oxygens (including phenoxy) is 1. The smallest absolute Gasteiger partial charge is 0.0753 e. The summed E-state index contributed by atoms with van der Waals surface area (Å²) in [4.78, 5) is 0. The molecule has 0 amide bonds. The summed E-state index contributed by atoms with van der Waals surface area (Å²) in [6, 6.07) is 5.48. The van der Waals surface area contributed by atoms with Crippen molar-refractivity contribution < 1.29 is 4.74 Å². The minimum Gasteiger partial charge on any atom is -0.380 e. The molecule has 4 heteroatoms. The highest BCUT2D eigenvalue weighted by Crippen LogP contribution is 2.30. The lowest BCUT2D eigenvalue weighted by atomic mass is 9.81. The Morgan fingerprint density at radius 1 is 1.25 bits per heavy atom. The quantitative estimate of drug-likeness (QED) is 0.870. The van der Waals surface area contributed by atoms with Gasteiger partial charge in [0.1, 0.15) is 0 Å². The molecule has 2 unspecified atom stereocenters. The maximum atomic E-state index is 6.38. The lowest BCUT2D eigenvalue weighted by Gasteiger charge is -2.33. The van der Waals surface area contributed by atoms with Crippen molar-refractivity contribution in [2.24, 2.45) is 11.7 Å². The normalized spacial score (nSPS) is 19.8. The van der Waals surface area contributed by atoms with Gasteiger partial charge >= 0.3 is 0 Å². The van der Waals surface area contributed by atoms with E-state index in [9.17, 15) is 0 Å². The molecule has 1 aliphatic carbocycles. The zero-order valence-electron chi connectivity index (χ0n) is 11.9. The van der Waals surface area contributed by atoms with Crippen LogP contribution in [0.5, 0.6) is 0 Å². The van der Waals surface area contributed by atoms with Gasteiger partial charge < -0.3 is 10.5 Å². The van der Waals surface area contributed by atoms with Crippen molar-refractivity contribution in [2.45, 2.75) is 50.7 Å². The summed E-state index contributed by atoms with van der Waals surface area (Å²) in [5.74, 6) is 0.571. The Hall–Kier alpha value is -0.280. The molecular weight excluding hydrogens is 293 g/mol. The summed E-state index contributed by atoms with van der Waals surface area (Å²) in [6.45, 7) is 0. The van der Waals surface area contributed by atoms with E-state index in [-0.39, 0.29) is 12.1 Å². The zero-order chi connectivity index (χ0) is 14.5. The van der Waals surface area contributed by atoms with Crippen LogP contribution >= 0.6 is 23.2 Å². The molecule has 112 valence electrons. The van der Waals surface area contributed by atoms with Crippen LogP contribution in [-0.4, -0.2) is 19.3 Å². The lowest BCUT2D eigenvalue weighted by molar-refractivity contribution is 0.0179. The molecule has 0 heterocycles. The molecule has 2 atom stereocenters. The van der Waals surface area contributed by atoms with Crippen LogP contribution in [-0.2, 0) is 11.2 Å². The van der Waals surface area contributed by atoms with Crippen LogP contribution in [0.3, 0.4) is 0 Å². The van der Waals surface area contributed by atoms with E-state index in [4.69, 9.17) is 33.7 Å². The van der Waals surface area contributed by atoms with Crippen molar-refractivity contribution in [1.82, 2.24) is 0 Å². The molecule has 1 aromatic carbocycles. The van der Waals surface area contributed by atoms with E-state index in [2.05, 4.69) is 0 Å². The van der Waals surface area contributed by atoms with Crippen molar-refractivity contribution in [3.63, 3.8) is 0 Å². The summed E-state index contributed by atoms with van der Waals surface area (Å²) >= 11 is 12.3. The van der Waals surface area contributed by atoms with Crippen LogP contribution in [0.2, 0.25) is 10.0 Å². The Balaban J connectivity index is 2.04. The van der Waals surface area contributed by atoms with E-state index in [0.29, 0.717) is 17.4 Å². The van der Waals surface area contributed by atoms with Gasteiger partial charge in [-0.2, -0.15) is 0 Å². The predicted molar refractivity (Wildman–Crippen MR) is 85.5 cm³/mol. The van der Waals surface area contributed by atoms with E-state index in [1.165, 1.54) is 32.1 Å². The lowest BCUT2D eigenvalue weighted by Crippen LogP contribution is -2.43. The average Bonchev–Trinajstić information content (AvgIpc) is 2.45. The predicted octanol–water partition coefficient (Wildman–Crippen LogP) is 4.46. The molecule has 0 spiro atoms. The molecule has 0 aliphatic heterocycles. The number of hydrogen-bond acceptors (Lipinski definition) is 2. The molecule has 1 saturated carbocycles. The summed E-state index contributed by atoms with van der Waals surface area (Å²) in [5.41, 5.74) is 7.39. The molecular formula is C16H23Cl2NO. The molecule has 1 aliphatic rings. The van der Waals surface area contributed by atoms with Crippen LogP contribution in [0.4, 0.5) is 0 Å². The summed E-state index contributed by atoms with van der Waals surface area (Å²) in [6.07, 6.45) is 7.15. The number of methoxy groups -OCH3 is 1. The van der Waals surface area contributed by atoms with Gasteiger partial charge in [0, 0.05) is 23.2 Å². The second-order valence-corrected chi connectivity index (χ2v) is 6.55. The van der Waals surface area contributed by atoms with E-state index < -0.39 is 0 Å². The number of halogens is 2. The molecule has 1 fully saturated rings. The first-order chi connectivity index (χ1) is 9.61. The molecule has 2 N–H and O–H groups in total. The first kappa shape index (κ1) is 16.1. The zero-order valence-corrected chi connectivity index (χ0v) is 13.5. The van der Waals surface area contributed by atoms with Crippen molar-refractivity contribution in [3.8, 4) is 0 Å². The summed E-state index contributed by atoms with van der Waals surface area (Å²) in [5, 5.41) is 1.42. The van der Waals surface area contributed by atoms with Crippen LogP contribution in [0, 0.1) is 5.92 Å². The van der Waals surface area contributed by atoms with E-state index in [0.717, 1.165) is 10.6 Å². The highest BCUT2D eigenvalue weighted by Gasteiger charge is 2.29. The van der Waals surface area contributed by atoms with Crippen molar-refractivity contribution in [3.05, 3.63) is 33.8 Å². The number of benzene rings is 1. The molecule has 0 bridgehead atoms. The Morgan fingerprint density at radius 3 is 2.60 bits per heavy atom. The maximum absolute atomic E-state index is 6.38. The molecule has 20 heavy (non-hydrogen) atoms. The van der Waals surface area contributed by atoms with Gasteiger partial charge in [-0.3, -0.25) is 0 Å². The van der Waals surface area contributed by atoms with Gasteiger partial charge in [0.15, 0.2) is 0 Å². The SMILES string of the molecule is COC(C(N)Cc1cc(Cl)ccc1Cl)C1CCCCC1. The molecule has 2 nitrogen and oxygen atoms in total. The van der Waals surface area contributed by atoms with Gasteiger partial charge in [0.2, 0.25) is 0 Å². The third-order valence-corrected chi connectivity index (χ3v) is 4.88. The topological polar surface area (TPSA) is 35.2 Å². The number of nitrogens with two attached hydrogens (primary N) is 1. The van der Waals surface area contributed by atoms with E-state index >= 15 is 0 Å². The molecule has 1 aromatic rings. The molecule has 0 saturated heterocycles. The first-order valence-electron chi connectivity index (χ1n) is 7.34. The third-order valence-electron chi connectivity index (χ3n) is 4.27. The van der Waals surface area contributed by atoms with Gasteiger partial charge in [-0.05, 0) is 48.9 Å². The van der Waals surface area contributed by atoms with E-state index in [1.54, 1.807) is 13.2 Å². The van der Waals surface area contributed by atoms with Crippen LogP contribution < -0.4 is 5.73 Å². The Morgan fingerprint density at radius 2 is 1.95 bits per heavy atom. The van der Waals surface area contributed by atoms with E-state index in [1.807, 2.05) is 12.1 Å². The van der Waals surface area contributed by atoms with Crippen LogP contribution in [0.15, 0.2) is 18.2 Å². The fraction of sp³-hybridized carbons (Fsp3) is 0.625. The average molecular weight is 316 g/mol. The molecule has 0 radical (unpaired) electrons. The van der Waals surface area contributed by atoms with Gasteiger partial charge in [0.05, 0.1) is 6.10 Å². The number of hydrogen-bond donors (Lipinski definition) is 1. The molecule has 2 rings (SSSR count). The highest BCUT2D eigenvalue weighted by molar-refractivity contribution is 6.33. The largest absolute Gasteiger partial charge is 0.380 e. The highest BCUT2D eigenvalue weighted by atomic mass is 35.5. The summed E-state index contributed by atoms with van der Waals surface area (Å²) in [7, 11) is 1.76. The fourth-order valence-electron chi connectivity index (χ4n) is 3.25. The van der Waals surface area contributed by atoms with Gasteiger partial charge in [-0.1, -0.05) is 42.5 Å². The second kappa shape index (κ2) is 7.65. The Bertz CT molecular complexity index is 432. The Labute approximate surface area is 131 Å². The minimum absolute atomic E-state index is 0.0425. The van der Waals surface area contributed by atoms with Crippen LogP contribution in [0.25, 0.3) is 0 Å². The first-order valence-corrected chi connectivity index (χ1v) is 8.09. The second-order valence-electron chi connectivity index (χ2n) is 5.70.